The first-order chi connectivity index (χ1) is 7.11. The Bertz CT molecular complexity index is 380. The molecule has 2 nitrogen and oxygen atoms in total. The summed E-state index contributed by atoms with van der Waals surface area (Å²) >= 11 is 2.89. The minimum absolute atomic E-state index is 0.0294. The van der Waals surface area contributed by atoms with Crippen LogP contribution in [0.25, 0.3) is 0 Å². The Kier molecular flexibility index (Phi) is 4.20. The second-order valence-corrected chi connectivity index (χ2v) is 3.74. The van der Waals surface area contributed by atoms with Gasteiger partial charge in [-0.3, -0.25) is 0 Å². The molecule has 1 rings (SSSR count). The molecule has 0 heterocycles. The molecule has 1 aromatic rings. The number of benzene rings is 1. The van der Waals surface area contributed by atoms with Crippen molar-refractivity contribution in [3.05, 3.63) is 27.7 Å². The normalized spacial score (nSPS) is 10.1. The van der Waals surface area contributed by atoms with E-state index >= 15 is 0 Å². The van der Waals surface area contributed by atoms with Gasteiger partial charge in [0.1, 0.15) is 6.29 Å². The molecule has 0 fully saturated rings. The summed E-state index contributed by atoms with van der Waals surface area (Å²) in [5, 5.41) is 0. The van der Waals surface area contributed by atoms with Crippen LogP contribution in [0, 0.1) is 11.6 Å². The third kappa shape index (κ3) is 2.53. The first-order valence-electron chi connectivity index (χ1n) is 4.25. The molecule has 0 aromatic heterocycles. The van der Waals surface area contributed by atoms with E-state index in [1.165, 1.54) is 13.2 Å². The number of ether oxygens (including phenoxy) is 1. The zero-order valence-electron chi connectivity index (χ0n) is 8.02. The van der Waals surface area contributed by atoms with Crippen LogP contribution >= 0.6 is 15.9 Å². The third-order valence-corrected chi connectivity index (χ3v) is 2.51. The van der Waals surface area contributed by atoms with E-state index < -0.39 is 11.6 Å². The molecule has 0 atom stereocenters. The maximum Gasteiger partial charge on any atom is 0.202 e. The topological polar surface area (TPSA) is 26.3 Å². The molecule has 1 aromatic carbocycles. The van der Waals surface area contributed by atoms with Gasteiger partial charge in [0.15, 0.2) is 11.6 Å². The van der Waals surface area contributed by atoms with Gasteiger partial charge in [0.25, 0.3) is 0 Å². The maximum atomic E-state index is 13.3. The monoisotopic (exact) mass is 278 g/mol. The first-order valence-corrected chi connectivity index (χ1v) is 5.05. The number of methoxy groups -OCH3 is 1. The summed E-state index contributed by atoms with van der Waals surface area (Å²) in [6, 6.07) is 1.42. The Hall–Kier alpha value is -0.970. The van der Waals surface area contributed by atoms with Crippen molar-refractivity contribution in [1.29, 1.82) is 0 Å². The fourth-order valence-electron chi connectivity index (χ4n) is 1.25. The summed E-state index contributed by atoms with van der Waals surface area (Å²) in [6.07, 6.45) is 1.28. The predicted molar refractivity (Wildman–Crippen MR) is 55.0 cm³/mol. The molecule has 0 saturated carbocycles. The van der Waals surface area contributed by atoms with Gasteiger partial charge in [0.2, 0.25) is 5.82 Å². The number of carbonyl (C=O) groups is 1. The fraction of sp³-hybridized carbons (Fsp3) is 0.300. The van der Waals surface area contributed by atoms with E-state index in [9.17, 15) is 13.6 Å². The second kappa shape index (κ2) is 5.21. The summed E-state index contributed by atoms with van der Waals surface area (Å²) in [4.78, 5) is 10.2. The van der Waals surface area contributed by atoms with Gasteiger partial charge in [-0.2, -0.15) is 4.39 Å². The number of carbonyl (C=O) groups excluding carboxylic acids is 1. The van der Waals surface area contributed by atoms with Crippen LogP contribution in [0.1, 0.15) is 12.0 Å². The lowest BCUT2D eigenvalue weighted by Gasteiger charge is -2.10. The van der Waals surface area contributed by atoms with Gasteiger partial charge in [-0.05, 0) is 34.0 Å². The minimum atomic E-state index is -1.03. The van der Waals surface area contributed by atoms with Gasteiger partial charge >= 0.3 is 0 Å². The molecule has 82 valence electrons. The summed E-state index contributed by atoms with van der Waals surface area (Å²) in [6.45, 7) is 0. The molecular formula is C10H9BrF2O2. The van der Waals surface area contributed by atoms with Crippen LogP contribution in [0.3, 0.4) is 0 Å². The molecule has 0 aliphatic carbocycles. The Balaban J connectivity index is 3.19. The van der Waals surface area contributed by atoms with Crippen LogP contribution in [0.15, 0.2) is 10.5 Å². The van der Waals surface area contributed by atoms with E-state index in [2.05, 4.69) is 15.9 Å². The molecule has 0 spiro atoms. The molecule has 0 N–H and O–H groups in total. The first kappa shape index (κ1) is 12.1. The highest BCUT2D eigenvalue weighted by atomic mass is 79.9. The number of aldehydes is 1. The average molecular weight is 279 g/mol. The molecule has 0 bridgehead atoms. The van der Waals surface area contributed by atoms with Crippen LogP contribution in [0.2, 0.25) is 0 Å². The quantitative estimate of drug-likeness (QED) is 0.625. The van der Waals surface area contributed by atoms with Gasteiger partial charge in [-0.25, -0.2) is 4.39 Å². The number of halogens is 3. The second-order valence-electron chi connectivity index (χ2n) is 2.88. The van der Waals surface area contributed by atoms with Crippen molar-refractivity contribution in [1.82, 2.24) is 0 Å². The number of aryl methyl sites for hydroxylation is 1. The maximum absolute atomic E-state index is 13.3. The Morgan fingerprint density at radius 1 is 1.47 bits per heavy atom. The van der Waals surface area contributed by atoms with E-state index in [1.54, 1.807) is 0 Å². The highest BCUT2D eigenvalue weighted by Gasteiger charge is 2.17. The van der Waals surface area contributed by atoms with Crippen LogP contribution in [-0.2, 0) is 11.2 Å². The summed E-state index contributed by atoms with van der Waals surface area (Å²) < 4.78 is 31.2. The average Bonchev–Trinajstić information content (AvgIpc) is 2.23. The van der Waals surface area contributed by atoms with E-state index in [4.69, 9.17) is 4.74 Å². The fourth-order valence-corrected chi connectivity index (χ4v) is 1.70. The molecule has 0 amide bonds. The van der Waals surface area contributed by atoms with E-state index in [-0.39, 0.29) is 16.6 Å². The Morgan fingerprint density at radius 2 is 2.13 bits per heavy atom. The highest BCUT2D eigenvalue weighted by Crippen LogP contribution is 2.31. The van der Waals surface area contributed by atoms with Crippen molar-refractivity contribution in [2.45, 2.75) is 12.8 Å². The zero-order valence-corrected chi connectivity index (χ0v) is 9.61. The molecule has 0 unspecified atom stereocenters. The van der Waals surface area contributed by atoms with Crippen molar-refractivity contribution in [2.75, 3.05) is 7.11 Å². The van der Waals surface area contributed by atoms with Gasteiger partial charge in [0, 0.05) is 6.42 Å². The van der Waals surface area contributed by atoms with E-state index in [0.717, 1.165) is 0 Å². The SMILES string of the molecule is COc1c(CCC=O)cc(Br)c(F)c1F. The van der Waals surface area contributed by atoms with Crippen LogP contribution in [0.5, 0.6) is 5.75 Å². The van der Waals surface area contributed by atoms with Crippen molar-refractivity contribution in [3.63, 3.8) is 0 Å². The number of rotatable bonds is 4. The molecule has 0 aliphatic rings. The van der Waals surface area contributed by atoms with Gasteiger partial charge in [-0.1, -0.05) is 0 Å². The van der Waals surface area contributed by atoms with E-state index in [0.29, 0.717) is 18.3 Å². The standard InChI is InChI=1S/C10H9BrF2O2/c1-15-10-6(3-2-4-14)5-7(11)8(12)9(10)13/h4-5H,2-3H2,1H3. The molecule has 15 heavy (non-hydrogen) atoms. The van der Waals surface area contributed by atoms with Crippen molar-refractivity contribution < 1.29 is 18.3 Å². The summed E-state index contributed by atoms with van der Waals surface area (Å²) in [5.74, 6) is -2.16. The zero-order chi connectivity index (χ0) is 11.4. The Labute approximate surface area is 94.4 Å². The van der Waals surface area contributed by atoms with Crippen LogP contribution in [0.4, 0.5) is 8.78 Å². The number of hydrogen-bond acceptors (Lipinski definition) is 2. The lowest BCUT2D eigenvalue weighted by Crippen LogP contribution is -2.00. The van der Waals surface area contributed by atoms with Crippen LogP contribution < -0.4 is 4.74 Å². The highest BCUT2D eigenvalue weighted by molar-refractivity contribution is 9.10. The molecular weight excluding hydrogens is 270 g/mol. The molecule has 0 radical (unpaired) electrons. The van der Waals surface area contributed by atoms with Gasteiger partial charge < -0.3 is 9.53 Å². The molecule has 0 saturated heterocycles. The van der Waals surface area contributed by atoms with Crippen molar-refractivity contribution in [2.24, 2.45) is 0 Å². The molecule has 5 heteroatoms. The van der Waals surface area contributed by atoms with Crippen molar-refractivity contribution in [3.8, 4) is 5.75 Å². The minimum Gasteiger partial charge on any atom is -0.493 e. The predicted octanol–water partition coefficient (Wildman–Crippen LogP) is 2.87. The Morgan fingerprint density at radius 3 is 2.67 bits per heavy atom. The smallest absolute Gasteiger partial charge is 0.202 e. The number of hydrogen-bond donors (Lipinski definition) is 0. The molecule has 0 aliphatic heterocycles. The van der Waals surface area contributed by atoms with Crippen molar-refractivity contribution >= 4 is 22.2 Å². The summed E-state index contributed by atoms with van der Waals surface area (Å²) in [7, 11) is 1.26. The van der Waals surface area contributed by atoms with Crippen LogP contribution in [-0.4, -0.2) is 13.4 Å². The largest absolute Gasteiger partial charge is 0.493 e. The van der Waals surface area contributed by atoms with Gasteiger partial charge in [-0.15, -0.1) is 0 Å². The lowest BCUT2D eigenvalue weighted by molar-refractivity contribution is -0.107. The third-order valence-electron chi connectivity index (χ3n) is 1.93. The lowest BCUT2D eigenvalue weighted by atomic mass is 10.1. The van der Waals surface area contributed by atoms with E-state index in [1.807, 2.05) is 0 Å². The summed E-state index contributed by atoms with van der Waals surface area (Å²) in [5.41, 5.74) is 0.468. The van der Waals surface area contributed by atoms with Gasteiger partial charge in [0.05, 0.1) is 11.6 Å².